The third-order valence-electron chi connectivity index (χ3n) is 4.68. The molecule has 2 fully saturated rings. The maximum atomic E-state index is 12.2. The van der Waals surface area contributed by atoms with E-state index in [-0.39, 0.29) is 24.2 Å². The molecule has 9 heteroatoms. The summed E-state index contributed by atoms with van der Waals surface area (Å²) in [4.78, 5) is 13.9. The molecule has 0 unspecified atom stereocenters. The minimum absolute atomic E-state index is 0.0539. The Hall–Kier alpha value is -2.26. The summed E-state index contributed by atoms with van der Waals surface area (Å²) in [5.41, 5.74) is 1.80. The van der Waals surface area contributed by atoms with Crippen molar-refractivity contribution in [2.45, 2.75) is 12.5 Å². The van der Waals surface area contributed by atoms with Crippen molar-refractivity contribution in [3.05, 3.63) is 36.5 Å². The van der Waals surface area contributed by atoms with Crippen molar-refractivity contribution >= 4 is 15.9 Å². The van der Waals surface area contributed by atoms with Crippen LogP contribution in [0.25, 0.3) is 11.3 Å². The van der Waals surface area contributed by atoms with Gasteiger partial charge in [0.25, 0.3) is 0 Å². The number of carbonyl (C=O) groups is 1. The number of carbonyl (C=O) groups excluding carboxylic acids is 1. The van der Waals surface area contributed by atoms with Crippen LogP contribution in [0.5, 0.6) is 0 Å². The second-order valence-corrected chi connectivity index (χ2v) is 8.49. The van der Waals surface area contributed by atoms with E-state index in [0.29, 0.717) is 26.1 Å². The first-order valence-corrected chi connectivity index (χ1v) is 9.87. The average molecular weight is 361 g/mol. The molecule has 2 saturated heterocycles. The number of aromatic nitrogens is 3. The number of hydrogen-bond acceptors (Lipinski definition) is 5. The van der Waals surface area contributed by atoms with Gasteiger partial charge in [0.15, 0.2) is 0 Å². The van der Waals surface area contributed by atoms with Crippen LogP contribution in [-0.2, 0) is 14.8 Å². The second-order valence-electron chi connectivity index (χ2n) is 6.41. The van der Waals surface area contributed by atoms with Gasteiger partial charge in [-0.05, 0) is 6.42 Å². The Morgan fingerprint density at radius 1 is 1.20 bits per heavy atom. The second kappa shape index (κ2) is 6.23. The maximum absolute atomic E-state index is 12.2. The van der Waals surface area contributed by atoms with Crippen molar-refractivity contribution < 1.29 is 13.2 Å². The molecule has 4 rings (SSSR count). The fourth-order valence-corrected chi connectivity index (χ4v) is 4.61. The molecule has 132 valence electrons. The first-order valence-electron chi connectivity index (χ1n) is 8.26. The molecule has 0 radical (unpaired) electrons. The topological polar surface area (TPSA) is 88.4 Å². The van der Waals surface area contributed by atoms with E-state index in [1.165, 1.54) is 4.31 Å². The lowest BCUT2D eigenvalue weighted by atomic mass is 10.1. The molecule has 3 heterocycles. The van der Waals surface area contributed by atoms with Crippen molar-refractivity contribution in [3.8, 4) is 11.3 Å². The highest BCUT2D eigenvalue weighted by Gasteiger charge is 2.36. The highest BCUT2D eigenvalue weighted by molar-refractivity contribution is 7.89. The molecule has 1 aromatic carbocycles. The Morgan fingerprint density at radius 2 is 1.96 bits per heavy atom. The van der Waals surface area contributed by atoms with Crippen LogP contribution in [0.4, 0.5) is 0 Å². The molecule has 0 spiro atoms. The molecular weight excluding hydrogens is 342 g/mol. The first-order chi connectivity index (χ1) is 12.0. The van der Waals surface area contributed by atoms with Gasteiger partial charge in [-0.15, -0.1) is 5.10 Å². The van der Waals surface area contributed by atoms with Gasteiger partial charge in [-0.1, -0.05) is 35.5 Å². The number of hydrogen-bond donors (Lipinski definition) is 0. The quantitative estimate of drug-likeness (QED) is 0.785. The zero-order chi connectivity index (χ0) is 17.4. The van der Waals surface area contributed by atoms with Crippen molar-refractivity contribution in [1.29, 1.82) is 0 Å². The van der Waals surface area contributed by atoms with Gasteiger partial charge < -0.3 is 4.90 Å². The van der Waals surface area contributed by atoms with Crippen LogP contribution in [0.15, 0.2) is 36.5 Å². The van der Waals surface area contributed by atoms with Gasteiger partial charge in [-0.2, -0.15) is 4.31 Å². The third kappa shape index (κ3) is 3.16. The molecular formula is C16H19N5O3S. The fraction of sp³-hybridized carbons (Fsp3) is 0.438. The monoisotopic (exact) mass is 361 g/mol. The van der Waals surface area contributed by atoms with Gasteiger partial charge in [0.1, 0.15) is 5.69 Å². The number of benzene rings is 1. The lowest BCUT2D eigenvalue weighted by Gasteiger charge is -2.39. The Morgan fingerprint density at radius 3 is 2.64 bits per heavy atom. The standard InChI is InChI=1S/C16H19N5O3S/c22-16(12-20-7-4-8-25(20,23)24)19-9-14(10-19)21-11-15(17-18-21)13-5-2-1-3-6-13/h1-3,5-6,11,14H,4,7-10,12H2. The largest absolute Gasteiger partial charge is 0.337 e. The molecule has 8 nitrogen and oxygen atoms in total. The van der Waals surface area contributed by atoms with Crippen LogP contribution in [0.2, 0.25) is 0 Å². The molecule has 2 aliphatic heterocycles. The number of amides is 1. The van der Waals surface area contributed by atoms with E-state index in [1.807, 2.05) is 36.5 Å². The van der Waals surface area contributed by atoms with E-state index >= 15 is 0 Å². The van der Waals surface area contributed by atoms with Gasteiger partial charge in [0.05, 0.1) is 24.5 Å². The average Bonchev–Trinajstić information content (AvgIpc) is 3.14. The molecule has 0 N–H and O–H groups in total. The van der Waals surface area contributed by atoms with Crippen LogP contribution in [0.1, 0.15) is 12.5 Å². The van der Waals surface area contributed by atoms with Crippen LogP contribution in [-0.4, -0.2) is 70.5 Å². The fourth-order valence-electron chi connectivity index (χ4n) is 3.14. The zero-order valence-electron chi connectivity index (χ0n) is 13.7. The molecule has 2 aromatic rings. The Balaban J connectivity index is 1.35. The predicted molar refractivity (Wildman–Crippen MR) is 91.1 cm³/mol. The maximum Gasteiger partial charge on any atom is 0.238 e. The van der Waals surface area contributed by atoms with Gasteiger partial charge in [0, 0.05) is 25.2 Å². The third-order valence-corrected chi connectivity index (χ3v) is 6.59. The van der Waals surface area contributed by atoms with E-state index < -0.39 is 10.0 Å². The molecule has 25 heavy (non-hydrogen) atoms. The lowest BCUT2D eigenvalue weighted by Crippen LogP contribution is -2.53. The number of sulfonamides is 1. The molecule has 0 atom stereocenters. The van der Waals surface area contributed by atoms with Crippen LogP contribution >= 0.6 is 0 Å². The van der Waals surface area contributed by atoms with Crippen molar-refractivity contribution in [2.24, 2.45) is 0 Å². The summed E-state index contributed by atoms with van der Waals surface area (Å²) in [5, 5.41) is 8.34. The highest BCUT2D eigenvalue weighted by Crippen LogP contribution is 2.24. The Labute approximate surface area is 146 Å². The van der Waals surface area contributed by atoms with Crippen LogP contribution in [0.3, 0.4) is 0 Å². The minimum atomic E-state index is -3.23. The molecule has 0 saturated carbocycles. The Kier molecular flexibility index (Phi) is 4.04. The Bertz CT molecular complexity index is 874. The van der Waals surface area contributed by atoms with Crippen molar-refractivity contribution in [2.75, 3.05) is 31.9 Å². The summed E-state index contributed by atoms with van der Waals surface area (Å²) in [5.74, 6) is -0.00505. The van der Waals surface area contributed by atoms with E-state index in [0.717, 1.165) is 11.3 Å². The molecule has 1 aromatic heterocycles. The van der Waals surface area contributed by atoms with Crippen molar-refractivity contribution in [1.82, 2.24) is 24.2 Å². The van der Waals surface area contributed by atoms with Gasteiger partial charge in [-0.3, -0.25) is 4.79 Å². The molecule has 0 aliphatic carbocycles. The van der Waals surface area contributed by atoms with E-state index in [2.05, 4.69) is 10.3 Å². The highest BCUT2D eigenvalue weighted by atomic mass is 32.2. The minimum Gasteiger partial charge on any atom is -0.337 e. The van der Waals surface area contributed by atoms with Crippen LogP contribution < -0.4 is 0 Å². The number of nitrogens with zero attached hydrogens (tertiary/aromatic N) is 5. The van der Waals surface area contributed by atoms with Gasteiger partial charge in [0.2, 0.25) is 15.9 Å². The van der Waals surface area contributed by atoms with E-state index in [4.69, 9.17) is 0 Å². The zero-order valence-corrected chi connectivity index (χ0v) is 14.5. The number of likely N-dealkylation sites (tertiary alicyclic amines) is 1. The first kappa shape index (κ1) is 16.2. The van der Waals surface area contributed by atoms with E-state index in [1.54, 1.807) is 9.58 Å². The molecule has 0 bridgehead atoms. The SMILES string of the molecule is O=C(CN1CCCS1(=O)=O)N1CC(n2cc(-c3ccccc3)nn2)C1. The predicted octanol–water partition coefficient (Wildman–Crippen LogP) is 0.364. The van der Waals surface area contributed by atoms with E-state index in [9.17, 15) is 13.2 Å². The van der Waals surface area contributed by atoms with Crippen LogP contribution in [0, 0.1) is 0 Å². The summed E-state index contributed by atoms with van der Waals surface area (Å²) in [6.45, 7) is 1.45. The molecule has 1 amide bonds. The normalized spacial score (nSPS) is 20.6. The summed E-state index contributed by atoms with van der Waals surface area (Å²) < 4.78 is 26.6. The summed E-state index contributed by atoms with van der Waals surface area (Å²) in [6, 6.07) is 9.88. The van der Waals surface area contributed by atoms with Gasteiger partial charge >= 0.3 is 0 Å². The lowest BCUT2D eigenvalue weighted by molar-refractivity contribution is -0.137. The summed E-state index contributed by atoms with van der Waals surface area (Å²) in [6.07, 6.45) is 2.48. The van der Waals surface area contributed by atoms with Gasteiger partial charge in [-0.25, -0.2) is 13.1 Å². The molecule has 2 aliphatic rings. The summed E-state index contributed by atoms with van der Waals surface area (Å²) in [7, 11) is -3.23. The number of rotatable bonds is 4. The van der Waals surface area contributed by atoms with Crippen molar-refractivity contribution in [3.63, 3.8) is 0 Å². The smallest absolute Gasteiger partial charge is 0.238 e. The summed E-state index contributed by atoms with van der Waals surface area (Å²) >= 11 is 0.